The van der Waals surface area contributed by atoms with Crippen molar-refractivity contribution in [2.45, 2.75) is 64.0 Å². The molecule has 6 nitrogen and oxygen atoms in total. The number of hydrogen-bond acceptors (Lipinski definition) is 5. The lowest BCUT2D eigenvalue weighted by Gasteiger charge is -2.34. The van der Waals surface area contributed by atoms with Crippen molar-refractivity contribution in [1.29, 1.82) is 0 Å². The van der Waals surface area contributed by atoms with Crippen molar-refractivity contribution in [2.24, 2.45) is 0 Å². The average Bonchev–Trinajstić information content (AvgIpc) is 3.06. The zero-order valence-electron chi connectivity index (χ0n) is 15.6. The van der Waals surface area contributed by atoms with Gasteiger partial charge in [-0.15, -0.1) is 0 Å². The Kier molecular flexibility index (Phi) is 5.41. The van der Waals surface area contributed by atoms with Crippen LogP contribution in [0.15, 0.2) is 0 Å². The summed E-state index contributed by atoms with van der Waals surface area (Å²) in [7, 11) is 1.54. The summed E-state index contributed by atoms with van der Waals surface area (Å²) in [6, 6.07) is -0.738. The first-order valence-electron chi connectivity index (χ1n) is 9.28. The number of amides is 1. The van der Waals surface area contributed by atoms with Crippen molar-refractivity contribution in [3.63, 3.8) is 0 Å². The van der Waals surface area contributed by atoms with Gasteiger partial charge in [0.25, 0.3) is 11.8 Å². The Hall–Kier alpha value is -1.83. The fourth-order valence-corrected chi connectivity index (χ4v) is 3.81. The molecule has 0 aromatic carbocycles. The third kappa shape index (κ3) is 3.79. The smallest absolute Gasteiger partial charge is 0.288 e. The van der Waals surface area contributed by atoms with E-state index in [4.69, 9.17) is 0 Å². The molecule has 1 aromatic heterocycles. The molecular weight excluding hydrogens is 340 g/mol. The van der Waals surface area contributed by atoms with Crippen LogP contribution in [0.5, 0.6) is 0 Å². The SMILES string of the molecule is CNC(=O)c1nc(C)c(C)c(N2CC[C@@H](NC3CCCCC3(F)F)C2)n1. The minimum absolute atomic E-state index is 0.00194. The van der Waals surface area contributed by atoms with Crippen molar-refractivity contribution in [3.8, 4) is 0 Å². The average molecular weight is 367 g/mol. The number of carbonyl (C=O) groups is 1. The van der Waals surface area contributed by atoms with E-state index in [9.17, 15) is 13.6 Å². The molecule has 8 heteroatoms. The maximum Gasteiger partial charge on any atom is 0.288 e. The van der Waals surface area contributed by atoms with Gasteiger partial charge in [0.15, 0.2) is 0 Å². The van der Waals surface area contributed by atoms with Crippen LogP contribution in [-0.2, 0) is 0 Å². The van der Waals surface area contributed by atoms with Crippen LogP contribution in [0.25, 0.3) is 0 Å². The Labute approximate surface area is 152 Å². The van der Waals surface area contributed by atoms with Crippen molar-refractivity contribution >= 4 is 11.7 Å². The molecule has 26 heavy (non-hydrogen) atoms. The van der Waals surface area contributed by atoms with Crippen LogP contribution in [0.1, 0.15) is 54.0 Å². The van der Waals surface area contributed by atoms with Crippen LogP contribution in [-0.4, -0.2) is 54.0 Å². The second kappa shape index (κ2) is 7.42. The molecule has 1 saturated heterocycles. The van der Waals surface area contributed by atoms with E-state index in [2.05, 4.69) is 25.5 Å². The summed E-state index contributed by atoms with van der Waals surface area (Å²) in [6.45, 7) is 5.10. The van der Waals surface area contributed by atoms with Gasteiger partial charge in [0, 0.05) is 43.9 Å². The van der Waals surface area contributed by atoms with E-state index in [0.717, 1.165) is 36.5 Å². The van der Waals surface area contributed by atoms with Gasteiger partial charge in [0.2, 0.25) is 5.82 Å². The van der Waals surface area contributed by atoms with Crippen molar-refractivity contribution < 1.29 is 13.6 Å². The first-order chi connectivity index (χ1) is 12.3. The molecule has 1 aliphatic heterocycles. The van der Waals surface area contributed by atoms with E-state index >= 15 is 0 Å². The van der Waals surface area contributed by atoms with E-state index in [1.165, 1.54) is 0 Å². The second-order valence-corrected chi connectivity index (χ2v) is 7.32. The van der Waals surface area contributed by atoms with Crippen LogP contribution in [0.4, 0.5) is 14.6 Å². The van der Waals surface area contributed by atoms with Crippen molar-refractivity contribution in [1.82, 2.24) is 20.6 Å². The quantitative estimate of drug-likeness (QED) is 0.854. The lowest BCUT2D eigenvalue weighted by molar-refractivity contribution is -0.0661. The largest absolute Gasteiger partial charge is 0.355 e. The third-order valence-electron chi connectivity index (χ3n) is 5.48. The maximum atomic E-state index is 14.1. The van der Waals surface area contributed by atoms with Crippen LogP contribution in [0.3, 0.4) is 0 Å². The molecule has 2 aliphatic rings. The molecular formula is C18H27F2N5O. The minimum Gasteiger partial charge on any atom is -0.355 e. The molecule has 2 fully saturated rings. The Morgan fingerprint density at radius 3 is 2.69 bits per heavy atom. The molecule has 1 unspecified atom stereocenters. The van der Waals surface area contributed by atoms with Gasteiger partial charge in [-0.05, 0) is 33.1 Å². The predicted octanol–water partition coefficient (Wildman–Crippen LogP) is 2.20. The number of aryl methyl sites for hydroxylation is 1. The molecule has 2 heterocycles. The molecule has 2 N–H and O–H groups in total. The van der Waals surface area contributed by atoms with Gasteiger partial charge < -0.3 is 15.5 Å². The summed E-state index contributed by atoms with van der Waals surface area (Å²) < 4.78 is 28.2. The third-order valence-corrected chi connectivity index (χ3v) is 5.48. The van der Waals surface area contributed by atoms with Crippen LogP contribution < -0.4 is 15.5 Å². The Bertz CT molecular complexity index is 682. The van der Waals surface area contributed by atoms with Gasteiger partial charge in [0.05, 0.1) is 6.04 Å². The molecule has 0 bridgehead atoms. The molecule has 1 amide bonds. The molecule has 1 aliphatic carbocycles. The van der Waals surface area contributed by atoms with Gasteiger partial charge >= 0.3 is 0 Å². The van der Waals surface area contributed by atoms with Crippen molar-refractivity contribution in [2.75, 3.05) is 25.0 Å². The number of rotatable bonds is 4. The Balaban J connectivity index is 1.72. The predicted molar refractivity (Wildman–Crippen MR) is 95.9 cm³/mol. The monoisotopic (exact) mass is 367 g/mol. The summed E-state index contributed by atoms with van der Waals surface area (Å²) in [5, 5.41) is 5.72. The first kappa shape index (κ1) is 18.9. The van der Waals surface area contributed by atoms with Gasteiger partial charge in [0.1, 0.15) is 5.82 Å². The van der Waals surface area contributed by atoms with Crippen LogP contribution in [0.2, 0.25) is 0 Å². The van der Waals surface area contributed by atoms with Gasteiger partial charge in [-0.25, -0.2) is 18.7 Å². The maximum absolute atomic E-state index is 14.1. The topological polar surface area (TPSA) is 70.2 Å². The van der Waals surface area contributed by atoms with Crippen molar-refractivity contribution in [3.05, 3.63) is 17.1 Å². The molecule has 1 aromatic rings. The van der Waals surface area contributed by atoms with Gasteiger partial charge in [-0.3, -0.25) is 4.79 Å². The Morgan fingerprint density at radius 2 is 2.00 bits per heavy atom. The molecule has 2 atom stereocenters. The normalized spacial score (nSPS) is 25.3. The summed E-state index contributed by atoms with van der Waals surface area (Å²) in [5.41, 5.74) is 1.67. The summed E-state index contributed by atoms with van der Waals surface area (Å²) in [6.07, 6.45) is 2.73. The Morgan fingerprint density at radius 1 is 1.23 bits per heavy atom. The van der Waals surface area contributed by atoms with Crippen LogP contribution >= 0.6 is 0 Å². The van der Waals surface area contributed by atoms with E-state index in [1.807, 2.05) is 13.8 Å². The number of halogens is 2. The summed E-state index contributed by atoms with van der Waals surface area (Å²) in [4.78, 5) is 22.6. The number of hydrogen-bond donors (Lipinski definition) is 2. The molecule has 1 saturated carbocycles. The zero-order chi connectivity index (χ0) is 18.9. The van der Waals surface area contributed by atoms with E-state index < -0.39 is 12.0 Å². The summed E-state index contributed by atoms with van der Waals surface area (Å²) >= 11 is 0. The highest BCUT2D eigenvalue weighted by Gasteiger charge is 2.43. The number of anilines is 1. The standard InChI is InChI=1S/C18H27F2N5O/c1-11-12(2)22-15(17(26)21-3)24-16(11)25-9-7-13(10-25)23-14-6-4-5-8-18(14,19)20/h13-14,23H,4-10H2,1-3H3,(H,21,26)/t13-,14?/m1/s1. The second-order valence-electron chi connectivity index (χ2n) is 7.32. The fourth-order valence-electron chi connectivity index (χ4n) is 3.81. The number of nitrogens with one attached hydrogen (secondary N) is 2. The molecule has 3 rings (SSSR count). The number of nitrogens with zero attached hydrogens (tertiary/aromatic N) is 3. The fraction of sp³-hybridized carbons (Fsp3) is 0.722. The van der Waals surface area contributed by atoms with E-state index in [-0.39, 0.29) is 24.2 Å². The highest BCUT2D eigenvalue weighted by atomic mass is 19.3. The first-order valence-corrected chi connectivity index (χ1v) is 9.28. The number of carbonyl (C=O) groups excluding carboxylic acids is 1. The highest BCUT2D eigenvalue weighted by molar-refractivity contribution is 5.90. The molecule has 0 spiro atoms. The van der Waals surface area contributed by atoms with Crippen LogP contribution in [0, 0.1) is 13.8 Å². The molecule has 0 radical (unpaired) electrons. The summed E-state index contributed by atoms with van der Waals surface area (Å²) in [5.74, 6) is -2.10. The lowest BCUT2D eigenvalue weighted by atomic mass is 9.91. The highest BCUT2D eigenvalue weighted by Crippen LogP contribution is 2.34. The van der Waals surface area contributed by atoms with E-state index in [1.54, 1.807) is 7.05 Å². The molecule has 144 valence electrons. The number of alkyl halides is 2. The zero-order valence-corrected chi connectivity index (χ0v) is 15.6. The minimum atomic E-state index is -2.63. The lowest BCUT2D eigenvalue weighted by Crippen LogP contribution is -2.51. The van der Waals surface area contributed by atoms with Gasteiger partial charge in [-0.2, -0.15) is 0 Å². The van der Waals surface area contributed by atoms with Gasteiger partial charge in [-0.1, -0.05) is 6.42 Å². The van der Waals surface area contributed by atoms with E-state index in [0.29, 0.717) is 19.4 Å². The number of aromatic nitrogens is 2.